The number of ketones is 2. The number of aromatic amines is 1. The van der Waals surface area contributed by atoms with E-state index in [0.29, 0.717) is 6.04 Å². The standard InChI is InChI=1S/C18H14O8.C7H11N3/c19-13(11-7-3-1-4-8-11)17(25,15(21)22)18(26,16(23)24)14(20)12-9-5-2-6-10-12;8-5-1-2-6-7(3-5)10-4-9-6/h1-10,25-26H,(H,21,22)(H,23,24);4-5H,1-3,8H2,(H,9,10)/t17-,18-;/m1./s1. The smallest absolute Gasteiger partial charge is 0.348 e. The molecule has 0 saturated carbocycles. The fourth-order valence-electron chi connectivity index (χ4n) is 3.86. The van der Waals surface area contributed by atoms with E-state index in [4.69, 9.17) is 5.73 Å². The number of rotatable bonds is 7. The van der Waals surface area contributed by atoms with E-state index in [0.717, 1.165) is 43.5 Å². The van der Waals surface area contributed by atoms with Gasteiger partial charge in [0, 0.05) is 29.3 Å². The van der Waals surface area contributed by atoms with E-state index in [1.165, 1.54) is 47.8 Å². The van der Waals surface area contributed by atoms with Crippen molar-refractivity contribution in [2.24, 2.45) is 5.73 Å². The van der Waals surface area contributed by atoms with E-state index in [9.17, 15) is 39.6 Å². The number of carbonyl (C=O) groups is 4. The highest BCUT2D eigenvalue weighted by molar-refractivity contribution is 6.28. The Kier molecular flexibility index (Phi) is 7.78. The van der Waals surface area contributed by atoms with Crippen LogP contribution in [0, 0.1) is 0 Å². The van der Waals surface area contributed by atoms with Crippen molar-refractivity contribution in [2.45, 2.75) is 36.5 Å². The number of hydrogen-bond acceptors (Lipinski definition) is 8. The SMILES string of the molecule is NC1CCc2nc[nH]c2C1.O=C(O)[C@](O)(C(=O)c1ccccc1)[C@](O)(C(=O)O)C(=O)c1ccccc1. The third-order valence-electron chi connectivity index (χ3n) is 5.90. The normalized spacial score (nSPS) is 17.8. The van der Waals surface area contributed by atoms with E-state index in [1.54, 1.807) is 6.33 Å². The molecule has 1 aliphatic rings. The Morgan fingerprint density at radius 2 is 1.28 bits per heavy atom. The number of fused-ring (bicyclic) bond motifs is 1. The first-order valence-corrected chi connectivity index (χ1v) is 10.9. The summed E-state index contributed by atoms with van der Waals surface area (Å²) in [5.74, 6) is -8.03. The van der Waals surface area contributed by atoms with Crippen LogP contribution in [0.1, 0.15) is 38.5 Å². The van der Waals surface area contributed by atoms with Gasteiger partial charge in [0.25, 0.3) is 11.2 Å². The molecule has 3 aromatic rings. The van der Waals surface area contributed by atoms with Gasteiger partial charge < -0.3 is 31.1 Å². The predicted octanol–water partition coefficient (Wildman–Crippen LogP) is 0.609. The van der Waals surface area contributed by atoms with Crippen LogP contribution in [0.3, 0.4) is 0 Å². The molecule has 0 radical (unpaired) electrons. The number of nitrogens with zero attached hydrogens (tertiary/aromatic N) is 1. The zero-order chi connectivity index (χ0) is 26.5. The maximum atomic E-state index is 12.6. The second kappa shape index (κ2) is 10.6. The van der Waals surface area contributed by atoms with Gasteiger partial charge in [-0.3, -0.25) is 9.59 Å². The van der Waals surface area contributed by atoms with Crippen LogP contribution >= 0.6 is 0 Å². The molecule has 0 spiro atoms. The molecule has 4 rings (SSSR count). The number of imidazole rings is 1. The molecule has 1 heterocycles. The lowest BCUT2D eigenvalue weighted by molar-refractivity contribution is -0.187. The lowest BCUT2D eigenvalue weighted by Gasteiger charge is -2.34. The first kappa shape index (κ1) is 26.4. The number of nitrogens with one attached hydrogen (secondary N) is 1. The Hall–Kier alpha value is -4.19. The van der Waals surface area contributed by atoms with Gasteiger partial charge in [-0.2, -0.15) is 0 Å². The van der Waals surface area contributed by atoms with Gasteiger partial charge in [-0.05, 0) is 12.8 Å². The van der Waals surface area contributed by atoms with Crippen LogP contribution < -0.4 is 5.73 Å². The van der Waals surface area contributed by atoms with Gasteiger partial charge in [0.15, 0.2) is 0 Å². The number of aliphatic carboxylic acids is 2. The molecule has 7 N–H and O–H groups in total. The average Bonchev–Trinajstić information content (AvgIpc) is 3.35. The van der Waals surface area contributed by atoms with E-state index in [1.807, 2.05) is 0 Å². The summed E-state index contributed by atoms with van der Waals surface area (Å²) >= 11 is 0. The van der Waals surface area contributed by atoms with Crippen LogP contribution in [0.2, 0.25) is 0 Å². The molecule has 0 amide bonds. The van der Waals surface area contributed by atoms with Crippen LogP contribution in [0.25, 0.3) is 0 Å². The molecule has 0 bridgehead atoms. The molecule has 11 nitrogen and oxygen atoms in total. The molecule has 0 fully saturated rings. The Bertz CT molecular complexity index is 1190. The number of aryl methyl sites for hydroxylation is 1. The monoisotopic (exact) mass is 495 g/mol. The number of aliphatic hydroxyl groups is 2. The zero-order valence-corrected chi connectivity index (χ0v) is 19.0. The Morgan fingerprint density at radius 3 is 1.69 bits per heavy atom. The number of Topliss-reactive ketones (excluding diaryl/α,β-unsaturated/α-hetero) is 2. The Morgan fingerprint density at radius 1 is 0.833 bits per heavy atom. The molecular weight excluding hydrogens is 470 g/mol. The molecule has 1 aliphatic carbocycles. The summed E-state index contributed by atoms with van der Waals surface area (Å²) in [5, 5.41) is 39.9. The molecule has 0 aliphatic heterocycles. The summed E-state index contributed by atoms with van der Waals surface area (Å²) in [6.07, 6.45) is 4.84. The average molecular weight is 495 g/mol. The molecule has 11 heteroatoms. The Labute approximate surface area is 205 Å². The van der Waals surface area contributed by atoms with Crippen molar-refractivity contribution in [1.29, 1.82) is 0 Å². The lowest BCUT2D eigenvalue weighted by Crippen LogP contribution is -2.71. The molecule has 0 saturated heterocycles. The molecule has 36 heavy (non-hydrogen) atoms. The van der Waals surface area contributed by atoms with E-state index < -0.39 is 45.8 Å². The van der Waals surface area contributed by atoms with Crippen LogP contribution in [-0.2, 0) is 22.4 Å². The fraction of sp³-hybridized carbons (Fsp3) is 0.240. The van der Waals surface area contributed by atoms with Crippen LogP contribution in [-0.4, -0.2) is 71.1 Å². The fourth-order valence-corrected chi connectivity index (χ4v) is 3.86. The van der Waals surface area contributed by atoms with Gasteiger partial charge in [0.05, 0.1) is 12.0 Å². The third kappa shape index (κ3) is 4.80. The van der Waals surface area contributed by atoms with Gasteiger partial charge in [0.2, 0.25) is 11.6 Å². The summed E-state index contributed by atoms with van der Waals surface area (Å²) in [6.45, 7) is 0. The highest BCUT2D eigenvalue weighted by Gasteiger charge is 2.69. The lowest BCUT2D eigenvalue weighted by atomic mass is 9.73. The summed E-state index contributed by atoms with van der Waals surface area (Å²) in [7, 11) is 0. The molecule has 2 aromatic carbocycles. The molecule has 188 valence electrons. The number of H-pyrrole nitrogens is 1. The van der Waals surface area contributed by atoms with Crippen molar-refractivity contribution >= 4 is 23.5 Å². The van der Waals surface area contributed by atoms with Crippen LogP contribution in [0.4, 0.5) is 0 Å². The largest absolute Gasteiger partial charge is 0.479 e. The van der Waals surface area contributed by atoms with Crippen LogP contribution in [0.15, 0.2) is 67.0 Å². The minimum absolute atomic E-state index is 0.341. The van der Waals surface area contributed by atoms with Crippen molar-refractivity contribution < 1.29 is 39.6 Å². The number of carboxylic acid groups (broad SMARTS) is 2. The van der Waals surface area contributed by atoms with Gasteiger partial charge >= 0.3 is 11.9 Å². The summed E-state index contributed by atoms with van der Waals surface area (Å²) in [5.41, 5.74) is -0.478. The van der Waals surface area contributed by atoms with Crippen molar-refractivity contribution in [3.63, 3.8) is 0 Å². The summed E-state index contributed by atoms with van der Waals surface area (Å²) in [4.78, 5) is 55.8. The number of benzene rings is 2. The number of carbonyl (C=O) groups excluding carboxylic acids is 2. The van der Waals surface area contributed by atoms with Gasteiger partial charge in [-0.25, -0.2) is 14.6 Å². The van der Waals surface area contributed by atoms with E-state index >= 15 is 0 Å². The first-order valence-electron chi connectivity index (χ1n) is 10.9. The number of hydrogen-bond donors (Lipinski definition) is 6. The topological polar surface area (TPSA) is 204 Å². The van der Waals surface area contributed by atoms with Crippen molar-refractivity contribution in [2.75, 3.05) is 0 Å². The highest BCUT2D eigenvalue weighted by atomic mass is 16.5. The van der Waals surface area contributed by atoms with E-state index in [2.05, 4.69) is 9.97 Å². The number of nitrogens with two attached hydrogens (primary N) is 1. The highest BCUT2D eigenvalue weighted by Crippen LogP contribution is 2.31. The quantitative estimate of drug-likeness (QED) is 0.199. The van der Waals surface area contributed by atoms with Gasteiger partial charge in [-0.15, -0.1) is 0 Å². The molecule has 1 aromatic heterocycles. The minimum atomic E-state index is -3.95. The summed E-state index contributed by atoms with van der Waals surface area (Å²) in [6, 6.07) is 13.2. The molecule has 3 atom stereocenters. The second-order valence-corrected chi connectivity index (χ2v) is 8.25. The zero-order valence-electron chi connectivity index (χ0n) is 19.0. The minimum Gasteiger partial charge on any atom is -0.479 e. The van der Waals surface area contributed by atoms with Crippen LogP contribution in [0.5, 0.6) is 0 Å². The number of carboxylic acids is 2. The van der Waals surface area contributed by atoms with Crippen molar-refractivity contribution in [1.82, 2.24) is 9.97 Å². The number of aromatic nitrogens is 2. The second-order valence-electron chi connectivity index (χ2n) is 8.25. The summed E-state index contributed by atoms with van der Waals surface area (Å²) < 4.78 is 0. The third-order valence-corrected chi connectivity index (χ3v) is 5.90. The van der Waals surface area contributed by atoms with E-state index in [-0.39, 0.29) is 0 Å². The maximum Gasteiger partial charge on any atom is 0.348 e. The Balaban J connectivity index is 0.000000297. The molecular formula is C25H25N3O8. The van der Waals surface area contributed by atoms with Gasteiger partial charge in [0.1, 0.15) is 0 Å². The molecule has 1 unspecified atom stereocenters. The van der Waals surface area contributed by atoms with Gasteiger partial charge in [-0.1, -0.05) is 60.7 Å². The van der Waals surface area contributed by atoms with Crippen molar-refractivity contribution in [3.8, 4) is 0 Å². The maximum absolute atomic E-state index is 12.6. The predicted molar refractivity (Wildman–Crippen MR) is 125 cm³/mol. The van der Waals surface area contributed by atoms with Crippen molar-refractivity contribution in [3.05, 3.63) is 89.5 Å². The first-order chi connectivity index (χ1) is 17.0.